The van der Waals surface area contributed by atoms with E-state index in [1.165, 1.54) is 42.5 Å². The number of nitrogens with zero attached hydrogens (tertiary/aromatic N) is 1. The molecular formula is C23H15ClF2N2O2. The maximum Gasteiger partial charge on any atom is 0.266 e. The Morgan fingerprint density at radius 2 is 1.90 bits per heavy atom. The number of nitriles is 1. The summed E-state index contributed by atoms with van der Waals surface area (Å²) in [7, 11) is 0. The third-order valence-corrected chi connectivity index (χ3v) is 4.28. The Balaban J connectivity index is 1.84. The second kappa shape index (κ2) is 9.68. The minimum absolute atomic E-state index is 0.0441. The van der Waals surface area contributed by atoms with Crippen LogP contribution in [-0.2, 0) is 11.4 Å². The molecule has 0 bridgehead atoms. The molecule has 0 aromatic heterocycles. The summed E-state index contributed by atoms with van der Waals surface area (Å²) >= 11 is 6.04. The monoisotopic (exact) mass is 424 g/mol. The van der Waals surface area contributed by atoms with Crippen LogP contribution in [0.5, 0.6) is 5.75 Å². The van der Waals surface area contributed by atoms with E-state index in [9.17, 15) is 18.8 Å². The molecule has 0 unspecified atom stereocenters. The van der Waals surface area contributed by atoms with Gasteiger partial charge in [-0.1, -0.05) is 35.9 Å². The van der Waals surface area contributed by atoms with E-state index in [-0.39, 0.29) is 23.7 Å². The molecule has 0 atom stereocenters. The van der Waals surface area contributed by atoms with Crippen LogP contribution in [0.1, 0.15) is 11.1 Å². The molecule has 3 rings (SSSR count). The number of halogens is 3. The summed E-state index contributed by atoms with van der Waals surface area (Å²) in [6, 6.07) is 18.1. The number of hydrogen-bond acceptors (Lipinski definition) is 3. The van der Waals surface area contributed by atoms with E-state index >= 15 is 0 Å². The topological polar surface area (TPSA) is 62.1 Å². The molecule has 0 heterocycles. The highest BCUT2D eigenvalue weighted by molar-refractivity contribution is 6.30. The first-order valence-electron chi connectivity index (χ1n) is 8.81. The molecule has 3 aromatic carbocycles. The Labute approximate surface area is 177 Å². The number of rotatable bonds is 6. The van der Waals surface area contributed by atoms with Crippen molar-refractivity contribution in [2.24, 2.45) is 0 Å². The largest absolute Gasteiger partial charge is 0.488 e. The van der Waals surface area contributed by atoms with Gasteiger partial charge >= 0.3 is 0 Å². The van der Waals surface area contributed by atoms with Crippen LogP contribution in [0.25, 0.3) is 6.08 Å². The summed E-state index contributed by atoms with van der Waals surface area (Å²) in [4.78, 5) is 12.4. The molecule has 150 valence electrons. The van der Waals surface area contributed by atoms with Gasteiger partial charge in [0.1, 0.15) is 35.6 Å². The van der Waals surface area contributed by atoms with Crippen molar-refractivity contribution in [1.29, 1.82) is 5.26 Å². The van der Waals surface area contributed by atoms with Gasteiger partial charge in [0.05, 0.1) is 5.69 Å². The fourth-order valence-electron chi connectivity index (χ4n) is 2.61. The molecule has 0 aliphatic rings. The predicted octanol–water partition coefficient (Wildman–Crippen LogP) is 5.74. The number of nitrogens with one attached hydrogen (secondary N) is 1. The Hall–Kier alpha value is -3.69. The van der Waals surface area contributed by atoms with Gasteiger partial charge in [0, 0.05) is 10.6 Å². The number of carbonyl (C=O) groups is 1. The highest BCUT2D eigenvalue weighted by Gasteiger charge is 2.14. The molecule has 3 aromatic rings. The first-order valence-corrected chi connectivity index (χ1v) is 9.18. The lowest BCUT2D eigenvalue weighted by atomic mass is 10.1. The van der Waals surface area contributed by atoms with Gasteiger partial charge in [-0.05, 0) is 54.1 Å². The summed E-state index contributed by atoms with van der Waals surface area (Å²) in [5.41, 5.74) is 0.672. The van der Waals surface area contributed by atoms with Crippen LogP contribution in [-0.4, -0.2) is 5.91 Å². The number of carbonyl (C=O) groups excluding carboxylic acids is 1. The van der Waals surface area contributed by atoms with E-state index in [0.717, 1.165) is 0 Å². The van der Waals surface area contributed by atoms with Crippen LogP contribution in [0.3, 0.4) is 0 Å². The van der Waals surface area contributed by atoms with Crippen LogP contribution in [0.2, 0.25) is 5.02 Å². The quantitative estimate of drug-likeness (QED) is 0.405. The summed E-state index contributed by atoms with van der Waals surface area (Å²) in [6.45, 7) is 0.0730. The second-order valence-electron chi connectivity index (χ2n) is 6.20. The lowest BCUT2D eigenvalue weighted by Crippen LogP contribution is -2.14. The maximum atomic E-state index is 13.8. The summed E-state index contributed by atoms with van der Waals surface area (Å²) in [5.74, 6) is -1.44. The minimum Gasteiger partial charge on any atom is -0.488 e. The van der Waals surface area contributed by atoms with Gasteiger partial charge in [-0.25, -0.2) is 8.78 Å². The third kappa shape index (κ3) is 5.43. The highest BCUT2D eigenvalue weighted by atomic mass is 35.5. The van der Waals surface area contributed by atoms with Crippen molar-refractivity contribution in [1.82, 2.24) is 0 Å². The highest BCUT2D eigenvalue weighted by Crippen LogP contribution is 2.27. The SMILES string of the molecule is N#C/C(=C\c1cc(Cl)ccc1OCc1cccc(F)c1)C(=O)Nc1ccccc1F. The van der Waals surface area contributed by atoms with E-state index in [1.807, 2.05) is 0 Å². The van der Waals surface area contributed by atoms with Gasteiger partial charge in [0.15, 0.2) is 0 Å². The molecule has 1 N–H and O–H groups in total. The van der Waals surface area contributed by atoms with Crippen molar-refractivity contribution in [2.75, 3.05) is 5.32 Å². The van der Waals surface area contributed by atoms with Crippen LogP contribution < -0.4 is 10.1 Å². The molecule has 0 saturated carbocycles. The van der Waals surface area contributed by atoms with Gasteiger partial charge in [0.2, 0.25) is 0 Å². The van der Waals surface area contributed by atoms with Gasteiger partial charge in [-0.2, -0.15) is 5.26 Å². The second-order valence-corrected chi connectivity index (χ2v) is 6.64. The van der Waals surface area contributed by atoms with Crippen molar-refractivity contribution >= 4 is 29.3 Å². The summed E-state index contributed by atoms with van der Waals surface area (Å²) in [5, 5.41) is 12.1. The Morgan fingerprint density at radius 1 is 1.10 bits per heavy atom. The first-order chi connectivity index (χ1) is 14.5. The van der Waals surface area contributed by atoms with E-state index in [0.29, 0.717) is 21.9 Å². The van der Waals surface area contributed by atoms with E-state index < -0.39 is 11.7 Å². The van der Waals surface area contributed by atoms with Crippen molar-refractivity contribution in [3.63, 3.8) is 0 Å². The fourth-order valence-corrected chi connectivity index (χ4v) is 2.79. The third-order valence-electron chi connectivity index (χ3n) is 4.04. The molecule has 30 heavy (non-hydrogen) atoms. The van der Waals surface area contributed by atoms with E-state index in [4.69, 9.17) is 16.3 Å². The minimum atomic E-state index is -0.779. The number of anilines is 1. The maximum absolute atomic E-state index is 13.8. The lowest BCUT2D eigenvalue weighted by Gasteiger charge is -2.11. The predicted molar refractivity (Wildman–Crippen MR) is 111 cm³/mol. The molecule has 0 aliphatic carbocycles. The van der Waals surface area contributed by atoms with Crippen molar-refractivity contribution in [3.8, 4) is 11.8 Å². The van der Waals surface area contributed by atoms with Crippen molar-refractivity contribution < 1.29 is 18.3 Å². The lowest BCUT2D eigenvalue weighted by molar-refractivity contribution is -0.112. The Bertz CT molecular complexity index is 1160. The molecule has 0 fully saturated rings. The summed E-state index contributed by atoms with van der Waals surface area (Å²) < 4.78 is 32.8. The molecule has 0 radical (unpaired) electrons. The number of para-hydroxylation sites is 1. The van der Waals surface area contributed by atoms with Crippen LogP contribution in [0.4, 0.5) is 14.5 Å². The first kappa shape index (κ1) is 21.0. The normalized spacial score (nSPS) is 10.9. The van der Waals surface area contributed by atoms with Crippen LogP contribution in [0.15, 0.2) is 72.3 Å². The average molecular weight is 425 g/mol. The van der Waals surface area contributed by atoms with Gasteiger partial charge in [-0.3, -0.25) is 4.79 Å². The standard InChI is InChI=1S/C23H15ClF2N2O2/c24-18-8-9-22(30-14-15-4-3-5-19(25)10-15)16(12-18)11-17(13-27)23(29)28-21-7-2-1-6-20(21)26/h1-12H,14H2,(H,28,29)/b17-11+. The number of amides is 1. The zero-order valence-corrected chi connectivity index (χ0v) is 16.3. The zero-order valence-electron chi connectivity index (χ0n) is 15.5. The van der Waals surface area contributed by atoms with Crippen LogP contribution in [0, 0.1) is 23.0 Å². The van der Waals surface area contributed by atoms with Crippen molar-refractivity contribution in [2.45, 2.75) is 6.61 Å². The molecule has 7 heteroatoms. The molecule has 4 nitrogen and oxygen atoms in total. The molecular weight excluding hydrogens is 410 g/mol. The number of ether oxygens (including phenoxy) is 1. The Kier molecular flexibility index (Phi) is 6.79. The van der Waals surface area contributed by atoms with Gasteiger partial charge in [0.25, 0.3) is 5.91 Å². The number of benzene rings is 3. The molecule has 0 aliphatic heterocycles. The molecule has 0 spiro atoms. The fraction of sp³-hybridized carbons (Fsp3) is 0.0435. The van der Waals surface area contributed by atoms with Gasteiger partial charge < -0.3 is 10.1 Å². The average Bonchev–Trinajstić information content (AvgIpc) is 2.73. The van der Waals surface area contributed by atoms with Crippen molar-refractivity contribution in [3.05, 3.63) is 100 Å². The molecule has 1 amide bonds. The van der Waals surface area contributed by atoms with E-state index in [2.05, 4.69) is 5.32 Å². The van der Waals surface area contributed by atoms with Gasteiger partial charge in [-0.15, -0.1) is 0 Å². The van der Waals surface area contributed by atoms with Crippen LogP contribution >= 0.6 is 11.6 Å². The molecule has 0 saturated heterocycles. The number of hydrogen-bond donors (Lipinski definition) is 1. The zero-order chi connectivity index (χ0) is 21.5. The smallest absolute Gasteiger partial charge is 0.266 e. The van der Waals surface area contributed by atoms with E-state index in [1.54, 1.807) is 36.4 Å². The Morgan fingerprint density at radius 3 is 2.63 bits per heavy atom. The summed E-state index contributed by atoms with van der Waals surface area (Å²) in [6.07, 6.45) is 1.29.